The van der Waals surface area contributed by atoms with E-state index in [0.717, 1.165) is 30.8 Å². The lowest BCUT2D eigenvalue weighted by Gasteiger charge is -2.17. The molecule has 6 nitrogen and oxygen atoms in total. The molecule has 1 saturated heterocycles. The SMILES string of the molecule is Cc1ccc(C)c(S(=O)(=O)Nc2ccc(C(=O)NCc3ccccc3CN3CCCC3)cc2)c1. The van der Waals surface area contributed by atoms with Crippen LogP contribution in [-0.4, -0.2) is 32.3 Å². The number of carbonyl (C=O) groups excluding carboxylic acids is 1. The van der Waals surface area contributed by atoms with Gasteiger partial charge in [0.25, 0.3) is 15.9 Å². The number of sulfonamides is 1. The van der Waals surface area contributed by atoms with E-state index in [0.29, 0.717) is 23.4 Å². The van der Waals surface area contributed by atoms with Crippen molar-refractivity contribution in [1.29, 1.82) is 0 Å². The van der Waals surface area contributed by atoms with Gasteiger partial charge in [-0.3, -0.25) is 14.4 Å². The highest BCUT2D eigenvalue weighted by Gasteiger charge is 2.18. The molecule has 0 saturated carbocycles. The maximum absolute atomic E-state index is 12.8. The Morgan fingerprint density at radius 3 is 2.29 bits per heavy atom. The summed E-state index contributed by atoms with van der Waals surface area (Å²) >= 11 is 0. The highest BCUT2D eigenvalue weighted by Crippen LogP contribution is 2.21. The zero-order valence-corrected chi connectivity index (χ0v) is 20.5. The summed E-state index contributed by atoms with van der Waals surface area (Å²) < 4.78 is 28.2. The van der Waals surface area contributed by atoms with E-state index in [1.54, 1.807) is 43.3 Å². The van der Waals surface area contributed by atoms with Gasteiger partial charge in [0.05, 0.1) is 4.90 Å². The van der Waals surface area contributed by atoms with E-state index in [-0.39, 0.29) is 10.8 Å². The molecule has 34 heavy (non-hydrogen) atoms. The quantitative estimate of drug-likeness (QED) is 0.496. The van der Waals surface area contributed by atoms with Crippen LogP contribution in [0.4, 0.5) is 5.69 Å². The first-order valence-electron chi connectivity index (χ1n) is 11.6. The van der Waals surface area contributed by atoms with Crippen LogP contribution in [0.25, 0.3) is 0 Å². The Hall–Kier alpha value is -3.16. The lowest BCUT2D eigenvalue weighted by Crippen LogP contribution is -2.25. The van der Waals surface area contributed by atoms with Crippen LogP contribution in [-0.2, 0) is 23.1 Å². The Kier molecular flexibility index (Phi) is 7.34. The van der Waals surface area contributed by atoms with Gasteiger partial charge >= 0.3 is 0 Å². The van der Waals surface area contributed by atoms with Crippen molar-refractivity contribution in [1.82, 2.24) is 10.2 Å². The maximum Gasteiger partial charge on any atom is 0.262 e. The van der Waals surface area contributed by atoms with E-state index in [4.69, 9.17) is 0 Å². The van der Waals surface area contributed by atoms with Crippen LogP contribution < -0.4 is 10.0 Å². The minimum absolute atomic E-state index is 0.195. The zero-order valence-electron chi connectivity index (χ0n) is 19.7. The molecule has 3 aromatic carbocycles. The number of anilines is 1. The van der Waals surface area contributed by atoms with Gasteiger partial charge in [-0.1, -0.05) is 36.4 Å². The standard InChI is InChI=1S/C27H31N3O3S/c1-20-9-10-21(2)26(17-20)34(32,33)29-25-13-11-22(12-14-25)27(31)28-18-23-7-3-4-8-24(23)19-30-15-5-6-16-30/h3-4,7-14,17,29H,5-6,15-16,18-19H2,1-2H3,(H,28,31). The second kappa shape index (κ2) is 10.4. The lowest BCUT2D eigenvalue weighted by molar-refractivity contribution is 0.0950. The molecule has 2 N–H and O–H groups in total. The summed E-state index contributed by atoms with van der Waals surface area (Å²) in [6.07, 6.45) is 2.49. The van der Waals surface area contributed by atoms with Gasteiger partial charge in [0, 0.05) is 24.3 Å². The second-order valence-electron chi connectivity index (χ2n) is 8.89. The molecule has 0 spiro atoms. The second-order valence-corrected chi connectivity index (χ2v) is 10.5. The first kappa shape index (κ1) is 24.0. The third kappa shape index (κ3) is 5.85. The molecule has 3 aromatic rings. The summed E-state index contributed by atoms with van der Waals surface area (Å²) in [6, 6.07) is 20.0. The summed E-state index contributed by atoms with van der Waals surface area (Å²) in [7, 11) is -3.72. The molecule has 1 fully saturated rings. The van der Waals surface area contributed by atoms with E-state index in [9.17, 15) is 13.2 Å². The van der Waals surface area contributed by atoms with Gasteiger partial charge in [-0.25, -0.2) is 8.42 Å². The van der Waals surface area contributed by atoms with E-state index in [2.05, 4.69) is 27.1 Å². The number of hydrogen-bond acceptors (Lipinski definition) is 4. The highest BCUT2D eigenvalue weighted by atomic mass is 32.2. The van der Waals surface area contributed by atoms with Crippen molar-refractivity contribution >= 4 is 21.6 Å². The molecule has 1 aliphatic heterocycles. The van der Waals surface area contributed by atoms with Crippen molar-refractivity contribution in [2.75, 3.05) is 17.8 Å². The summed E-state index contributed by atoms with van der Waals surface area (Å²) in [6.45, 7) is 7.23. The summed E-state index contributed by atoms with van der Waals surface area (Å²) in [5.74, 6) is -0.195. The number of rotatable bonds is 8. The Bertz CT molecular complexity index is 1260. The normalized spacial score (nSPS) is 14.2. The Morgan fingerprint density at radius 1 is 0.912 bits per heavy atom. The molecule has 0 aliphatic carbocycles. The van der Waals surface area contributed by atoms with Crippen LogP contribution in [0, 0.1) is 13.8 Å². The molecular formula is C27H31N3O3S. The highest BCUT2D eigenvalue weighted by molar-refractivity contribution is 7.92. The van der Waals surface area contributed by atoms with Gasteiger partial charge in [0.1, 0.15) is 0 Å². The van der Waals surface area contributed by atoms with Gasteiger partial charge in [0.15, 0.2) is 0 Å². The number of nitrogens with zero attached hydrogens (tertiary/aromatic N) is 1. The zero-order chi connectivity index (χ0) is 24.1. The van der Waals surface area contributed by atoms with Gasteiger partial charge in [-0.2, -0.15) is 0 Å². The smallest absolute Gasteiger partial charge is 0.262 e. The molecule has 4 rings (SSSR count). The summed E-state index contributed by atoms with van der Waals surface area (Å²) in [5.41, 5.74) is 4.79. The van der Waals surface area contributed by atoms with E-state index in [1.807, 2.05) is 25.1 Å². The van der Waals surface area contributed by atoms with Crippen LogP contribution in [0.5, 0.6) is 0 Å². The number of amides is 1. The topological polar surface area (TPSA) is 78.5 Å². The Morgan fingerprint density at radius 2 is 1.59 bits per heavy atom. The molecule has 7 heteroatoms. The first-order chi connectivity index (χ1) is 16.3. The third-order valence-corrected chi connectivity index (χ3v) is 7.71. The largest absolute Gasteiger partial charge is 0.348 e. The molecule has 1 aliphatic rings. The number of hydrogen-bond donors (Lipinski definition) is 2. The molecule has 1 amide bonds. The van der Waals surface area contributed by atoms with Crippen molar-refractivity contribution in [3.05, 3.63) is 94.5 Å². The fraction of sp³-hybridized carbons (Fsp3) is 0.296. The molecule has 0 radical (unpaired) electrons. The molecule has 0 aromatic heterocycles. The summed E-state index contributed by atoms with van der Waals surface area (Å²) in [4.78, 5) is 15.4. The van der Waals surface area contributed by atoms with Crippen LogP contribution in [0.15, 0.2) is 71.6 Å². The lowest BCUT2D eigenvalue weighted by atomic mass is 10.1. The molecular weight excluding hydrogens is 446 g/mol. The number of aryl methyl sites for hydroxylation is 2. The molecule has 178 valence electrons. The average molecular weight is 478 g/mol. The first-order valence-corrected chi connectivity index (χ1v) is 13.1. The minimum Gasteiger partial charge on any atom is -0.348 e. The number of likely N-dealkylation sites (tertiary alicyclic amines) is 1. The van der Waals surface area contributed by atoms with E-state index in [1.165, 1.54) is 18.4 Å². The fourth-order valence-corrected chi connectivity index (χ4v) is 5.63. The van der Waals surface area contributed by atoms with Gasteiger partial charge in [-0.05, 0) is 92.4 Å². The van der Waals surface area contributed by atoms with Gasteiger partial charge < -0.3 is 5.32 Å². The summed E-state index contributed by atoms with van der Waals surface area (Å²) in [5, 5.41) is 2.99. The predicted octanol–water partition coefficient (Wildman–Crippen LogP) is 4.63. The third-order valence-electron chi connectivity index (χ3n) is 6.18. The minimum atomic E-state index is -3.72. The van der Waals surface area contributed by atoms with Crippen molar-refractivity contribution < 1.29 is 13.2 Å². The predicted molar refractivity (Wildman–Crippen MR) is 135 cm³/mol. The van der Waals surface area contributed by atoms with Gasteiger partial charge in [0.2, 0.25) is 0 Å². The molecule has 0 unspecified atom stereocenters. The Labute approximate surface area is 202 Å². The molecule has 0 atom stereocenters. The van der Waals surface area contributed by atoms with Crippen LogP contribution in [0.3, 0.4) is 0 Å². The molecule has 1 heterocycles. The number of nitrogens with one attached hydrogen (secondary N) is 2. The fourth-order valence-electron chi connectivity index (χ4n) is 4.24. The maximum atomic E-state index is 12.8. The van der Waals surface area contributed by atoms with Crippen molar-refractivity contribution in [3.8, 4) is 0 Å². The van der Waals surface area contributed by atoms with Crippen LogP contribution >= 0.6 is 0 Å². The van der Waals surface area contributed by atoms with Crippen molar-refractivity contribution in [2.24, 2.45) is 0 Å². The number of carbonyl (C=O) groups is 1. The van der Waals surface area contributed by atoms with E-state index < -0.39 is 10.0 Å². The van der Waals surface area contributed by atoms with Crippen molar-refractivity contribution in [3.63, 3.8) is 0 Å². The van der Waals surface area contributed by atoms with Crippen LogP contribution in [0.1, 0.15) is 45.5 Å². The Balaban J connectivity index is 1.39. The monoisotopic (exact) mass is 477 g/mol. The number of benzene rings is 3. The van der Waals surface area contributed by atoms with Gasteiger partial charge in [-0.15, -0.1) is 0 Å². The van der Waals surface area contributed by atoms with Crippen LogP contribution in [0.2, 0.25) is 0 Å². The average Bonchev–Trinajstić information content (AvgIpc) is 3.33. The van der Waals surface area contributed by atoms with E-state index >= 15 is 0 Å². The van der Waals surface area contributed by atoms with Crippen molar-refractivity contribution in [2.45, 2.75) is 44.7 Å². The molecule has 0 bridgehead atoms.